The van der Waals surface area contributed by atoms with Gasteiger partial charge in [-0.25, -0.2) is 0 Å². The third-order valence-electron chi connectivity index (χ3n) is 11.1. The first-order valence-corrected chi connectivity index (χ1v) is 25.2. The third kappa shape index (κ3) is 11.6. The second kappa shape index (κ2) is 21.7. The van der Waals surface area contributed by atoms with Crippen LogP contribution in [0.15, 0.2) is 170 Å². The second-order valence-corrected chi connectivity index (χ2v) is 25.9. The summed E-state index contributed by atoms with van der Waals surface area (Å²) in [5.74, 6) is 7.04. The van der Waals surface area contributed by atoms with Gasteiger partial charge >= 0.3 is 0 Å². The Hall–Kier alpha value is -4.49. The number of hydrogen-bond acceptors (Lipinski definition) is 4. The molecule has 0 saturated carbocycles. The normalized spacial score (nSPS) is 17.1. The van der Waals surface area contributed by atoms with Crippen LogP contribution in [0.25, 0.3) is 0 Å². The first-order valence-electron chi connectivity index (χ1n) is 21.4. The molecule has 0 saturated heterocycles. The van der Waals surface area contributed by atoms with Crippen molar-refractivity contribution in [2.24, 2.45) is 0 Å². The van der Waals surface area contributed by atoms with Gasteiger partial charge in [0.1, 0.15) is 0 Å². The summed E-state index contributed by atoms with van der Waals surface area (Å²) in [7, 11) is -3.89. The summed E-state index contributed by atoms with van der Waals surface area (Å²) in [6.07, 6.45) is 20.1. The van der Waals surface area contributed by atoms with Crippen molar-refractivity contribution in [1.82, 2.24) is 0 Å². The van der Waals surface area contributed by atoms with E-state index in [0.29, 0.717) is 12.2 Å². The molecule has 0 bridgehead atoms. The van der Waals surface area contributed by atoms with Gasteiger partial charge < -0.3 is 18.3 Å². The smallest absolute Gasteiger partial charge is 0.261 e. The maximum atomic E-state index is 7.54. The molecule has 0 aliphatic carbocycles. The predicted molar refractivity (Wildman–Crippen MR) is 254 cm³/mol. The molecule has 4 aromatic rings. The van der Waals surface area contributed by atoms with Crippen LogP contribution in [0.4, 0.5) is 0 Å². The summed E-state index contributed by atoms with van der Waals surface area (Å²) >= 11 is 0. The third-order valence-corrected chi connectivity index (χ3v) is 21.2. The molecule has 1 aliphatic heterocycles. The van der Waals surface area contributed by atoms with Gasteiger partial charge in [-0.2, -0.15) is 0 Å². The van der Waals surface area contributed by atoms with Gasteiger partial charge in [0.25, 0.3) is 16.6 Å². The van der Waals surface area contributed by atoms with Crippen LogP contribution in [0.2, 0.25) is 10.1 Å². The molecule has 0 spiro atoms. The summed E-state index contributed by atoms with van der Waals surface area (Å²) in [6.45, 7) is 16.1. The lowest BCUT2D eigenvalue weighted by Crippen LogP contribution is -2.67. The summed E-state index contributed by atoms with van der Waals surface area (Å²) in [6, 6.07) is 43.2. The molecule has 0 fully saturated rings. The van der Waals surface area contributed by atoms with Crippen LogP contribution in [0.3, 0.4) is 0 Å². The highest BCUT2D eigenvalue weighted by atomic mass is 28.4. The summed E-state index contributed by atoms with van der Waals surface area (Å²) in [5.41, 5.74) is 0. The molecular formula is C53H66O4Si2. The minimum absolute atomic E-state index is 0.124. The zero-order valence-electron chi connectivity index (χ0n) is 36.7. The standard InChI is InChI=1S/C53H66O4Si2/c1-9-10-11-12-13-20-31-44(56-58(52(2,3)4,47-34-23-16-24-35-47)48-36-25-17-26-37-48)32-21-14-15-22-33-45-42-46(43-51(54-8)55-45)57-59(53(5,6)7,49-38-27-18-28-39-49)50-40-29-19-30-41-50/h13-21,23-30,32,34-42,44,46,51H,9-12,31,43H2,1-8H3/b15-14+,20-13-,32-21+/t44-,46+,51-/m1/s1. The highest BCUT2D eigenvalue weighted by Gasteiger charge is 2.52. The van der Waals surface area contributed by atoms with E-state index in [-0.39, 0.29) is 22.3 Å². The average Bonchev–Trinajstić information content (AvgIpc) is 3.24. The highest BCUT2D eigenvalue weighted by molar-refractivity contribution is 7.00. The van der Waals surface area contributed by atoms with Gasteiger partial charge in [0.15, 0.2) is 5.76 Å². The van der Waals surface area contributed by atoms with Crippen LogP contribution in [0, 0.1) is 11.8 Å². The molecule has 3 atom stereocenters. The predicted octanol–water partition coefficient (Wildman–Crippen LogP) is 10.8. The molecule has 0 unspecified atom stereocenters. The number of benzene rings is 4. The van der Waals surface area contributed by atoms with E-state index in [0.717, 1.165) is 12.8 Å². The largest absolute Gasteiger partial charge is 0.457 e. The zero-order chi connectivity index (χ0) is 42.2. The SMILES string of the molecule is CCCCC/C=C\C[C@H](/C=C/C=C/C#CC1=C[C@H](O[Si](c2ccccc2)(c2ccccc2)C(C)(C)C)C[C@H](OC)O1)O[Si](c1ccccc1)(c1ccccc1)C(C)(C)C. The summed E-state index contributed by atoms with van der Waals surface area (Å²) in [4.78, 5) is 0. The summed E-state index contributed by atoms with van der Waals surface area (Å²) < 4.78 is 26.9. The van der Waals surface area contributed by atoms with Crippen LogP contribution >= 0.6 is 0 Å². The van der Waals surface area contributed by atoms with E-state index in [4.69, 9.17) is 18.3 Å². The summed E-state index contributed by atoms with van der Waals surface area (Å²) in [5, 5.41) is 4.74. The molecule has 310 valence electrons. The molecule has 1 aliphatic rings. The first-order chi connectivity index (χ1) is 28.4. The Balaban J connectivity index is 1.42. The van der Waals surface area contributed by atoms with Crippen molar-refractivity contribution in [3.05, 3.63) is 170 Å². The second-order valence-electron chi connectivity index (χ2n) is 17.4. The monoisotopic (exact) mass is 822 g/mol. The van der Waals surface area contributed by atoms with E-state index in [1.54, 1.807) is 7.11 Å². The van der Waals surface area contributed by atoms with Crippen LogP contribution in [0.5, 0.6) is 0 Å². The van der Waals surface area contributed by atoms with Gasteiger partial charge in [-0.15, -0.1) is 0 Å². The molecule has 5 rings (SSSR count). The van der Waals surface area contributed by atoms with E-state index in [2.05, 4.69) is 206 Å². The fourth-order valence-electron chi connectivity index (χ4n) is 8.22. The number of ether oxygens (including phenoxy) is 2. The van der Waals surface area contributed by atoms with Crippen molar-refractivity contribution < 1.29 is 18.3 Å². The zero-order valence-corrected chi connectivity index (χ0v) is 38.7. The molecule has 0 aromatic heterocycles. The van der Waals surface area contributed by atoms with E-state index in [1.165, 1.54) is 40.0 Å². The van der Waals surface area contributed by atoms with Crippen LogP contribution < -0.4 is 20.7 Å². The first kappa shape index (κ1) is 45.6. The van der Waals surface area contributed by atoms with E-state index in [9.17, 15) is 0 Å². The number of hydrogen-bond donors (Lipinski definition) is 0. The van der Waals surface area contributed by atoms with Crippen molar-refractivity contribution in [2.45, 2.75) is 116 Å². The average molecular weight is 823 g/mol. The Morgan fingerprint density at radius 3 is 1.68 bits per heavy atom. The van der Waals surface area contributed by atoms with Crippen LogP contribution in [0.1, 0.15) is 87.0 Å². The Labute approximate surface area is 358 Å². The fourth-order valence-corrected chi connectivity index (χ4v) is 17.5. The van der Waals surface area contributed by atoms with Gasteiger partial charge in [-0.1, -0.05) is 219 Å². The van der Waals surface area contributed by atoms with Crippen molar-refractivity contribution in [2.75, 3.05) is 7.11 Å². The van der Waals surface area contributed by atoms with Gasteiger partial charge in [0.2, 0.25) is 6.29 Å². The van der Waals surface area contributed by atoms with Crippen molar-refractivity contribution in [3.8, 4) is 11.8 Å². The topological polar surface area (TPSA) is 36.9 Å². The van der Waals surface area contributed by atoms with Crippen LogP contribution in [-0.2, 0) is 18.3 Å². The fraction of sp³-hybridized carbons (Fsp3) is 0.358. The van der Waals surface area contributed by atoms with Gasteiger partial charge in [0.05, 0.1) is 12.2 Å². The molecule has 59 heavy (non-hydrogen) atoms. The van der Waals surface area contributed by atoms with Gasteiger partial charge in [-0.05, 0) is 68.2 Å². The molecular weight excluding hydrogens is 757 g/mol. The molecule has 0 radical (unpaired) electrons. The lowest BCUT2D eigenvalue weighted by Gasteiger charge is -2.45. The number of allylic oxidation sites excluding steroid dienone is 5. The molecule has 4 nitrogen and oxygen atoms in total. The van der Waals surface area contributed by atoms with E-state index >= 15 is 0 Å². The molecule has 1 heterocycles. The number of rotatable bonds is 17. The van der Waals surface area contributed by atoms with E-state index in [1.807, 2.05) is 18.2 Å². The Bertz CT molecular complexity index is 1950. The number of unbranched alkanes of at least 4 members (excludes halogenated alkanes) is 3. The molecule has 6 heteroatoms. The molecule has 0 N–H and O–H groups in total. The van der Waals surface area contributed by atoms with Gasteiger partial charge in [0, 0.05) is 13.5 Å². The maximum absolute atomic E-state index is 7.54. The molecule has 4 aromatic carbocycles. The number of methoxy groups -OCH3 is 1. The highest BCUT2D eigenvalue weighted by Crippen LogP contribution is 2.40. The lowest BCUT2D eigenvalue weighted by molar-refractivity contribution is -0.115. The lowest BCUT2D eigenvalue weighted by atomic mass is 10.1. The Morgan fingerprint density at radius 1 is 0.695 bits per heavy atom. The molecule has 0 amide bonds. The van der Waals surface area contributed by atoms with Crippen molar-refractivity contribution in [1.29, 1.82) is 0 Å². The van der Waals surface area contributed by atoms with Crippen molar-refractivity contribution in [3.63, 3.8) is 0 Å². The maximum Gasteiger partial charge on any atom is 0.261 e. The Kier molecular flexibility index (Phi) is 16.8. The minimum atomic E-state index is -2.80. The van der Waals surface area contributed by atoms with Crippen LogP contribution in [-0.4, -0.2) is 42.2 Å². The van der Waals surface area contributed by atoms with E-state index < -0.39 is 22.9 Å². The quantitative estimate of drug-likeness (QED) is 0.0350. The van der Waals surface area contributed by atoms with Gasteiger partial charge in [-0.3, -0.25) is 0 Å². The minimum Gasteiger partial charge on any atom is -0.457 e. The Morgan fingerprint density at radius 2 is 1.20 bits per heavy atom. The van der Waals surface area contributed by atoms with Crippen molar-refractivity contribution >= 4 is 37.4 Å².